The van der Waals surface area contributed by atoms with Gasteiger partial charge in [-0.2, -0.15) is 0 Å². The second-order valence-corrected chi connectivity index (χ2v) is 2.11. The average Bonchev–Trinajstić information content (AvgIpc) is 2.34. The summed E-state index contributed by atoms with van der Waals surface area (Å²) >= 11 is 3.14. The van der Waals surface area contributed by atoms with Crippen molar-refractivity contribution < 1.29 is 8.91 Å². The van der Waals surface area contributed by atoms with Gasteiger partial charge in [0, 0.05) is 6.07 Å². The van der Waals surface area contributed by atoms with Gasteiger partial charge in [0.2, 0.25) is 0 Å². The third-order valence-corrected chi connectivity index (χ3v) is 1.43. The highest BCUT2D eigenvalue weighted by atomic mass is 79.9. The number of halogens is 2. The third-order valence-electron chi connectivity index (χ3n) is 0.876. The van der Waals surface area contributed by atoms with E-state index in [-0.39, 0.29) is 0 Å². The van der Waals surface area contributed by atoms with Gasteiger partial charge in [-0.25, -0.2) is 4.39 Å². The van der Waals surface area contributed by atoms with E-state index >= 15 is 0 Å². The maximum atomic E-state index is 11.7. The van der Waals surface area contributed by atoms with Crippen LogP contribution < -0.4 is 0 Å². The molecule has 0 spiro atoms. The van der Waals surface area contributed by atoms with Gasteiger partial charge in [0.1, 0.15) is 18.1 Å². The lowest BCUT2D eigenvalue weighted by atomic mass is 10.4. The van der Waals surface area contributed by atoms with Crippen molar-refractivity contribution in [2.75, 3.05) is 0 Å². The molecule has 0 fully saturated rings. The van der Waals surface area contributed by atoms with E-state index in [0.717, 1.165) is 0 Å². The molecular formula is C5H5BrFNO. The Morgan fingerprint density at radius 3 is 2.89 bits per heavy atom. The largest absolute Gasteiger partial charge is 0.360 e. The van der Waals surface area contributed by atoms with Gasteiger partial charge < -0.3 is 4.52 Å². The fourth-order valence-corrected chi connectivity index (χ4v) is 0.746. The van der Waals surface area contributed by atoms with Gasteiger partial charge in [0.15, 0.2) is 0 Å². The highest BCUT2D eigenvalue weighted by Crippen LogP contribution is 2.07. The molecular weight excluding hydrogens is 189 g/mol. The van der Waals surface area contributed by atoms with Crippen LogP contribution in [0, 0.1) is 0 Å². The minimum atomic E-state index is -0.559. The van der Waals surface area contributed by atoms with Gasteiger partial charge in [-0.15, -0.1) is 0 Å². The average molecular weight is 194 g/mol. The molecule has 0 atom stereocenters. The summed E-state index contributed by atoms with van der Waals surface area (Å²) in [6.45, 7) is -0.559. The molecule has 1 rings (SSSR count). The molecule has 0 unspecified atom stereocenters. The van der Waals surface area contributed by atoms with E-state index in [1.807, 2.05) is 0 Å². The Morgan fingerprint density at radius 2 is 2.56 bits per heavy atom. The number of hydrogen-bond donors (Lipinski definition) is 0. The van der Waals surface area contributed by atoms with Gasteiger partial charge in [0.05, 0.1) is 5.33 Å². The quantitative estimate of drug-likeness (QED) is 0.673. The van der Waals surface area contributed by atoms with Crippen molar-refractivity contribution in [1.29, 1.82) is 0 Å². The van der Waals surface area contributed by atoms with Crippen molar-refractivity contribution in [3.05, 3.63) is 17.5 Å². The van der Waals surface area contributed by atoms with Crippen LogP contribution in [0.15, 0.2) is 10.6 Å². The summed E-state index contributed by atoms with van der Waals surface area (Å²) in [6.07, 6.45) is 0. The van der Waals surface area contributed by atoms with Gasteiger partial charge in [-0.05, 0) is 0 Å². The normalized spacial score (nSPS) is 10.0. The lowest BCUT2D eigenvalue weighted by Gasteiger charge is -1.75. The Hall–Kier alpha value is -0.380. The number of aromatic nitrogens is 1. The number of alkyl halides is 2. The maximum absolute atomic E-state index is 11.7. The molecule has 1 aromatic heterocycles. The molecule has 0 N–H and O–H groups in total. The van der Waals surface area contributed by atoms with E-state index < -0.39 is 6.67 Å². The Balaban J connectivity index is 2.74. The molecule has 9 heavy (non-hydrogen) atoms. The zero-order valence-electron chi connectivity index (χ0n) is 4.60. The third kappa shape index (κ3) is 1.51. The number of nitrogens with zero attached hydrogens (tertiary/aromatic N) is 1. The van der Waals surface area contributed by atoms with Crippen molar-refractivity contribution in [1.82, 2.24) is 5.16 Å². The predicted octanol–water partition coefficient (Wildman–Crippen LogP) is 2.04. The van der Waals surface area contributed by atoms with E-state index in [4.69, 9.17) is 0 Å². The van der Waals surface area contributed by atoms with Crippen molar-refractivity contribution in [2.45, 2.75) is 12.0 Å². The lowest BCUT2D eigenvalue weighted by molar-refractivity contribution is 0.372. The second kappa shape index (κ2) is 2.96. The van der Waals surface area contributed by atoms with Crippen LogP contribution in [0.2, 0.25) is 0 Å². The van der Waals surface area contributed by atoms with E-state index in [2.05, 4.69) is 25.6 Å². The van der Waals surface area contributed by atoms with Crippen LogP contribution in [0.1, 0.15) is 11.5 Å². The van der Waals surface area contributed by atoms with E-state index in [1.165, 1.54) is 0 Å². The molecule has 0 radical (unpaired) electrons. The summed E-state index contributed by atoms with van der Waals surface area (Å²) in [5.41, 5.74) is 0.351. The summed E-state index contributed by atoms with van der Waals surface area (Å²) < 4.78 is 16.4. The number of rotatable bonds is 2. The van der Waals surface area contributed by atoms with Crippen molar-refractivity contribution in [3.63, 3.8) is 0 Å². The lowest BCUT2D eigenvalue weighted by Crippen LogP contribution is -1.72. The first-order valence-corrected chi connectivity index (χ1v) is 3.55. The van der Waals surface area contributed by atoms with Crippen LogP contribution in [0.3, 0.4) is 0 Å². The molecule has 0 amide bonds. The first-order chi connectivity index (χ1) is 4.36. The van der Waals surface area contributed by atoms with E-state index in [0.29, 0.717) is 16.8 Å². The minimum Gasteiger partial charge on any atom is -0.360 e. The topological polar surface area (TPSA) is 26.0 Å². The SMILES string of the molecule is FCc1cc(CBr)on1. The predicted molar refractivity (Wildman–Crippen MR) is 33.9 cm³/mol. The van der Waals surface area contributed by atoms with Crippen LogP contribution in [0.4, 0.5) is 4.39 Å². The van der Waals surface area contributed by atoms with Gasteiger partial charge in [0.25, 0.3) is 0 Å². The fraction of sp³-hybridized carbons (Fsp3) is 0.400. The Bertz CT molecular complexity index is 170. The molecule has 0 bridgehead atoms. The van der Waals surface area contributed by atoms with Gasteiger partial charge in [-0.1, -0.05) is 21.1 Å². The summed E-state index contributed by atoms with van der Waals surface area (Å²) in [5, 5.41) is 4.01. The van der Waals surface area contributed by atoms with Crippen LogP contribution in [-0.2, 0) is 12.0 Å². The Kier molecular flexibility index (Phi) is 2.22. The molecule has 1 aromatic rings. The van der Waals surface area contributed by atoms with Crippen molar-refractivity contribution >= 4 is 15.9 Å². The molecule has 1 heterocycles. The van der Waals surface area contributed by atoms with E-state index in [9.17, 15) is 4.39 Å². The molecule has 0 saturated carbocycles. The molecule has 0 saturated heterocycles. The fourth-order valence-electron chi connectivity index (χ4n) is 0.482. The van der Waals surface area contributed by atoms with Crippen LogP contribution in [0.25, 0.3) is 0 Å². The molecule has 0 aromatic carbocycles. The smallest absolute Gasteiger partial charge is 0.147 e. The highest BCUT2D eigenvalue weighted by Gasteiger charge is 1.99. The summed E-state index contributed by atoms with van der Waals surface area (Å²) in [7, 11) is 0. The van der Waals surface area contributed by atoms with Crippen molar-refractivity contribution in [2.24, 2.45) is 0 Å². The Morgan fingerprint density at radius 1 is 1.78 bits per heavy atom. The highest BCUT2D eigenvalue weighted by molar-refractivity contribution is 9.08. The molecule has 0 aliphatic heterocycles. The Labute approximate surface area is 60.2 Å². The monoisotopic (exact) mass is 193 g/mol. The second-order valence-electron chi connectivity index (χ2n) is 1.55. The van der Waals surface area contributed by atoms with Gasteiger partial charge >= 0.3 is 0 Å². The zero-order chi connectivity index (χ0) is 6.69. The van der Waals surface area contributed by atoms with Crippen molar-refractivity contribution in [3.8, 4) is 0 Å². The first-order valence-electron chi connectivity index (χ1n) is 2.43. The zero-order valence-corrected chi connectivity index (χ0v) is 6.19. The molecule has 50 valence electrons. The standard InChI is InChI=1S/C5H5BrFNO/c6-2-5-1-4(3-7)8-9-5/h1H,2-3H2. The number of hydrogen-bond acceptors (Lipinski definition) is 2. The van der Waals surface area contributed by atoms with Crippen LogP contribution in [0.5, 0.6) is 0 Å². The summed E-state index contributed by atoms with van der Waals surface area (Å²) in [4.78, 5) is 0. The van der Waals surface area contributed by atoms with Crippen LogP contribution >= 0.6 is 15.9 Å². The molecule has 2 nitrogen and oxygen atoms in total. The van der Waals surface area contributed by atoms with E-state index in [1.54, 1.807) is 6.07 Å². The molecule has 4 heteroatoms. The summed E-state index contributed by atoms with van der Waals surface area (Å²) in [5.74, 6) is 0.655. The maximum Gasteiger partial charge on any atom is 0.147 e. The molecule has 0 aliphatic rings. The minimum absolute atomic E-state index is 0.351. The molecule has 0 aliphatic carbocycles. The first kappa shape index (κ1) is 6.74. The van der Waals surface area contributed by atoms with Crippen LogP contribution in [-0.4, -0.2) is 5.16 Å². The summed E-state index contributed by atoms with van der Waals surface area (Å²) in [6, 6.07) is 1.58. The van der Waals surface area contributed by atoms with Gasteiger partial charge in [-0.3, -0.25) is 0 Å².